The summed E-state index contributed by atoms with van der Waals surface area (Å²) in [5, 5.41) is 5.32. The fraction of sp³-hybridized carbons (Fsp3) is 0.200. The van der Waals surface area contributed by atoms with Crippen molar-refractivity contribution in [2.45, 2.75) is 12.5 Å². The van der Waals surface area contributed by atoms with Gasteiger partial charge in [-0.2, -0.15) is 0 Å². The molecule has 0 heterocycles. The van der Waals surface area contributed by atoms with Gasteiger partial charge in [-0.15, -0.1) is 0 Å². The fourth-order valence-electron chi connectivity index (χ4n) is 2.06. The maximum absolute atomic E-state index is 6.31. The molecule has 2 rings (SSSR count). The van der Waals surface area contributed by atoms with Crippen LogP contribution in [0.1, 0.15) is 17.2 Å². The fourth-order valence-corrected chi connectivity index (χ4v) is 3.35. The van der Waals surface area contributed by atoms with E-state index in [2.05, 4.69) is 21.2 Å². The zero-order valence-corrected chi connectivity index (χ0v) is 14.6. The van der Waals surface area contributed by atoms with E-state index < -0.39 is 0 Å². The van der Waals surface area contributed by atoms with Gasteiger partial charge in [0.2, 0.25) is 0 Å². The van der Waals surface area contributed by atoms with Gasteiger partial charge in [0.25, 0.3) is 0 Å². The highest BCUT2D eigenvalue weighted by Gasteiger charge is 2.15. The molecule has 0 aromatic heterocycles. The standard InChI is InChI=1S/C15H13BrCl3N/c1-20-15(12-5-3-10(16)7-14(12)19)6-9-2-4-11(17)8-13(9)18/h2-5,7-8,15,20H,6H2,1H3. The van der Waals surface area contributed by atoms with Crippen molar-refractivity contribution < 1.29 is 0 Å². The highest BCUT2D eigenvalue weighted by molar-refractivity contribution is 9.10. The molecule has 0 radical (unpaired) electrons. The van der Waals surface area contributed by atoms with E-state index in [9.17, 15) is 0 Å². The van der Waals surface area contributed by atoms with Crippen LogP contribution in [0.5, 0.6) is 0 Å². The van der Waals surface area contributed by atoms with E-state index in [0.717, 1.165) is 27.0 Å². The third-order valence-corrected chi connectivity index (χ3v) is 4.53. The Morgan fingerprint density at radius 1 is 1.05 bits per heavy atom. The molecule has 0 aliphatic carbocycles. The summed E-state index contributed by atoms with van der Waals surface area (Å²) in [4.78, 5) is 0. The topological polar surface area (TPSA) is 12.0 Å². The predicted molar refractivity (Wildman–Crippen MR) is 91.1 cm³/mol. The van der Waals surface area contributed by atoms with Crippen LogP contribution in [0.2, 0.25) is 15.1 Å². The maximum atomic E-state index is 6.31. The molecule has 0 saturated heterocycles. The Morgan fingerprint density at radius 3 is 2.40 bits per heavy atom. The molecule has 1 unspecified atom stereocenters. The van der Waals surface area contributed by atoms with E-state index in [0.29, 0.717) is 10.0 Å². The van der Waals surface area contributed by atoms with Crippen LogP contribution in [0.25, 0.3) is 0 Å². The van der Waals surface area contributed by atoms with Crippen LogP contribution < -0.4 is 5.32 Å². The lowest BCUT2D eigenvalue weighted by Crippen LogP contribution is -2.19. The Labute approximate surface area is 142 Å². The first kappa shape index (κ1) is 16.1. The zero-order valence-electron chi connectivity index (χ0n) is 10.8. The van der Waals surface area contributed by atoms with Gasteiger partial charge < -0.3 is 5.32 Å². The number of benzene rings is 2. The molecule has 5 heteroatoms. The molecule has 1 nitrogen and oxygen atoms in total. The van der Waals surface area contributed by atoms with Gasteiger partial charge in [-0.05, 0) is 48.9 Å². The number of hydrogen-bond donors (Lipinski definition) is 1. The Kier molecular flexibility index (Phi) is 5.76. The van der Waals surface area contributed by atoms with Gasteiger partial charge in [-0.1, -0.05) is 62.9 Å². The van der Waals surface area contributed by atoms with E-state index in [-0.39, 0.29) is 6.04 Å². The summed E-state index contributed by atoms with van der Waals surface area (Å²) in [7, 11) is 1.91. The summed E-state index contributed by atoms with van der Waals surface area (Å²) in [6.45, 7) is 0. The molecule has 2 aromatic rings. The molecule has 2 aromatic carbocycles. The largest absolute Gasteiger partial charge is 0.313 e. The quantitative estimate of drug-likeness (QED) is 0.681. The van der Waals surface area contributed by atoms with Crippen molar-refractivity contribution in [1.29, 1.82) is 0 Å². The van der Waals surface area contributed by atoms with E-state index in [4.69, 9.17) is 34.8 Å². The summed E-state index contributed by atoms with van der Waals surface area (Å²) in [6.07, 6.45) is 0.744. The van der Waals surface area contributed by atoms with Crippen LogP contribution >= 0.6 is 50.7 Å². The molecule has 20 heavy (non-hydrogen) atoms. The molecule has 0 amide bonds. The third kappa shape index (κ3) is 3.90. The second-order valence-electron chi connectivity index (χ2n) is 4.45. The second-order valence-corrected chi connectivity index (χ2v) is 6.61. The lowest BCUT2D eigenvalue weighted by molar-refractivity contribution is 0.592. The highest BCUT2D eigenvalue weighted by atomic mass is 79.9. The van der Waals surface area contributed by atoms with Gasteiger partial charge >= 0.3 is 0 Å². The molecule has 0 saturated carbocycles. The van der Waals surface area contributed by atoms with E-state index in [1.807, 2.05) is 37.4 Å². The van der Waals surface area contributed by atoms with Gasteiger partial charge in [0.15, 0.2) is 0 Å². The smallest absolute Gasteiger partial charge is 0.0465 e. The minimum atomic E-state index is 0.0919. The zero-order chi connectivity index (χ0) is 14.7. The monoisotopic (exact) mass is 391 g/mol. The summed E-state index contributed by atoms with van der Waals surface area (Å²) >= 11 is 21.9. The molecule has 0 bridgehead atoms. The average Bonchev–Trinajstić information content (AvgIpc) is 2.39. The number of halogens is 4. The van der Waals surface area contributed by atoms with Gasteiger partial charge in [-0.3, -0.25) is 0 Å². The van der Waals surface area contributed by atoms with Crippen LogP contribution in [-0.4, -0.2) is 7.05 Å². The lowest BCUT2D eigenvalue weighted by Gasteiger charge is -2.19. The van der Waals surface area contributed by atoms with Crippen molar-refractivity contribution in [3.05, 3.63) is 67.1 Å². The molecular formula is C15H13BrCl3N. The van der Waals surface area contributed by atoms with Gasteiger partial charge in [0, 0.05) is 25.6 Å². The number of likely N-dealkylation sites (N-methyl/N-ethyl adjacent to an activating group) is 1. The molecule has 0 fully saturated rings. The van der Waals surface area contributed by atoms with Crippen molar-refractivity contribution in [2.24, 2.45) is 0 Å². The van der Waals surface area contributed by atoms with E-state index in [1.165, 1.54) is 0 Å². The van der Waals surface area contributed by atoms with Crippen molar-refractivity contribution in [2.75, 3.05) is 7.05 Å². The van der Waals surface area contributed by atoms with E-state index >= 15 is 0 Å². The van der Waals surface area contributed by atoms with Crippen molar-refractivity contribution in [1.82, 2.24) is 5.32 Å². The van der Waals surface area contributed by atoms with E-state index in [1.54, 1.807) is 6.07 Å². The minimum Gasteiger partial charge on any atom is -0.313 e. The Hall–Kier alpha value is -0.250. The van der Waals surface area contributed by atoms with Crippen LogP contribution in [-0.2, 0) is 6.42 Å². The molecule has 1 N–H and O–H groups in total. The second kappa shape index (κ2) is 7.15. The Bertz CT molecular complexity index is 616. The SMILES string of the molecule is CNC(Cc1ccc(Cl)cc1Cl)c1ccc(Br)cc1Cl. The first-order chi connectivity index (χ1) is 9.51. The Balaban J connectivity index is 2.28. The molecule has 1 atom stereocenters. The summed E-state index contributed by atoms with van der Waals surface area (Å²) in [5.41, 5.74) is 2.08. The summed E-state index contributed by atoms with van der Waals surface area (Å²) in [5.74, 6) is 0. The number of nitrogens with one attached hydrogen (secondary N) is 1. The maximum Gasteiger partial charge on any atom is 0.0465 e. The third-order valence-electron chi connectivity index (χ3n) is 3.13. The molecule has 0 spiro atoms. The first-order valence-corrected chi connectivity index (χ1v) is 8.00. The number of hydrogen-bond acceptors (Lipinski definition) is 1. The van der Waals surface area contributed by atoms with Crippen molar-refractivity contribution in [3.8, 4) is 0 Å². The highest BCUT2D eigenvalue weighted by Crippen LogP contribution is 2.30. The van der Waals surface area contributed by atoms with Gasteiger partial charge in [0.05, 0.1) is 0 Å². The molecular weight excluding hydrogens is 380 g/mol. The Morgan fingerprint density at radius 2 is 1.80 bits per heavy atom. The van der Waals surface area contributed by atoms with Crippen molar-refractivity contribution in [3.63, 3.8) is 0 Å². The predicted octanol–water partition coefficient (Wildman–Crippen LogP) is 5.91. The first-order valence-electron chi connectivity index (χ1n) is 6.07. The van der Waals surface area contributed by atoms with Crippen LogP contribution in [0, 0.1) is 0 Å². The molecule has 0 aliphatic heterocycles. The van der Waals surface area contributed by atoms with Crippen LogP contribution in [0.4, 0.5) is 0 Å². The minimum absolute atomic E-state index is 0.0919. The van der Waals surface area contributed by atoms with Crippen LogP contribution in [0.3, 0.4) is 0 Å². The summed E-state index contributed by atoms with van der Waals surface area (Å²) < 4.78 is 0.964. The molecule has 106 valence electrons. The van der Waals surface area contributed by atoms with Crippen LogP contribution in [0.15, 0.2) is 40.9 Å². The normalized spacial score (nSPS) is 12.4. The average molecular weight is 394 g/mol. The van der Waals surface area contributed by atoms with Gasteiger partial charge in [0.1, 0.15) is 0 Å². The lowest BCUT2D eigenvalue weighted by atomic mass is 9.99. The number of rotatable bonds is 4. The van der Waals surface area contributed by atoms with Crippen molar-refractivity contribution >= 4 is 50.7 Å². The summed E-state index contributed by atoms with van der Waals surface area (Å²) in [6, 6.07) is 11.5. The molecule has 0 aliphatic rings. The van der Waals surface area contributed by atoms with Gasteiger partial charge in [-0.25, -0.2) is 0 Å².